The molecule has 2 aromatic rings. The lowest BCUT2D eigenvalue weighted by molar-refractivity contribution is -0.107. The van der Waals surface area contributed by atoms with E-state index in [2.05, 4.69) is 10.3 Å². The van der Waals surface area contributed by atoms with Gasteiger partial charge in [0.2, 0.25) is 0 Å². The van der Waals surface area contributed by atoms with Crippen molar-refractivity contribution in [3.05, 3.63) is 35.2 Å². The number of thiazole rings is 1. The Hall–Kier alpha value is -1.88. The van der Waals surface area contributed by atoms with E-state index in [1.165, 1.54) is 11.3 Å². The molecule has 0 unspecified atom stereocenters. The second-order valence-corrected chi connectivity index (χ2v) is 4.27. The fourth-order valence-corrected chi connectivity index (χ4v) is 2.13. The molecule has 2 rings (SSSR count). The number of nitrogens with zero attached hydrogens (tertiary/aromatic N) is 1. The minimum absolute atomic E-state index is 0.319. The van der Waals surface area contributed by atoms with Gasteiger partial charge in [0.25, 0.3) is 0 Å². The molecule has 0 aliphatic heterocycles. The van der Waals surface area contributed by atoms with Gasteiger partial charge in [-0.3, -0.25) is 0 Å². The second kappa shape index (κ2) is 4.76. The zero-order valence-electron chi connectivity index (χ0n) is 8.51. The SMILES string of the molecule is Nc1nc(Nc2ccccc2)sc1CC=O. The highest BCUT2D eigenvalue weighted by atomic mass is 32.1. The first-order valence-electron chi connectivity index (χ1n) is 4.80. The smallest absolute Gasteiger partial charge is 0.189 e. The number of hydrogen-bond donors (Lipinski definition) is 2. The monoisotopic (exact) mass is 233 g/mol. The Balaban J connectivity index is 2.16. The number of rotatable bonds is 4. The number of hydrogen-bond acceptors (Lipinski definition) is 5. The lowest BCUT2D eigenvalue weighted by Crippen LogP contribution is -1.92. The van der Waals surface area contributed by atoms with Crippen molar-refractivity contribution in [2.24, 2.45) is 0 Å². The molecule has 0 spiro atoms. The maximum atomic E-state index is 10.4. The van der Waals surface area contributed by atoms with Crippen molar-refractivity contribution in [2.75, 3.05) is 11.1 Å². The van der Waals surface area contributed by atoms with Crippen LogP contribution >= 0.6 is 11.3 Å². The summed E-state index contributed by atoms with van der Waals surface area (Å²) in [4.78, 5) is 15.3. The average Bonchev–Trinajstić information content (AvgIpc) is 2.61. The summed E-state index contributed by atoms with van der Waals surface area (Å²) in [6, 6.07) is 9.70. The van der Waals surface area contributed by atoms with Crippen molar-refractivity contribution in [3.8, 4) is 0 Å². The topological polar surface area (TPSA) is 68.0 Å². The second-order valence-electron chi connectivity index (χ2n) is 3.19. The van der Waals surface area contributed by atoms with Crippen LogP contribution in [0, 0.1) is 0 Å². The highest BCUT2D eigenvalue weighted by Gasteiger charge is 2.07. The van der Waals surface area contributed by atoms with Crippen LogP contribution in [0.4, 0.5) is 16.6 Å². The maximum absolute atomic E-state index is 10.4. The van der Waals surface area contributed by atoms with Gasteiger partial charge in [0, 0.05) is 12.1 Å². The van der Waals surface area contributed by atoms with Gasteiger partial charge in [0.1, 0.15) is 12.1 Å². The lowest BCUT2D eigenvalue weighted by atomic mass is 10.3. The number of para-hydroxylation sites is 1. The van der Waals surface area contributed by atoms with Gasteiger partial charge in [-0.05, 0) is 12.1 Å². The molecule has 82 valence electrons. The predicted octanol–water partition coefficient (Wildman–Crippen LogP) is 2.21. The van der Waals surface area contributed by atoms with Crippen molar-refractivity contribution >= 4 is 34.3 Å². The zero-order chi connectivity index (χ0) is 11.4. The first kappa shape index (κ1) is 10.6. The van der Waals surface area contributed by atoms with Gasteiger partial charge in [-0.25, -0.2) is 4.98 Å². The van der Waals surface area contributed by atoms with Gasteiger partial charge < -0.3 is 15.8 Å². The summed E-state index contributed by atoms with van der Waals surface area (Å²) in [5.41, 5.74) is 6.63. The largest absolute Gasteiger partial charge is 0.383 e. The number of carbonyl (C=O) groups excluding carboxylic acids is 1. The van der Waals surface area contributed by atoms with Gasteiger partial charge in [0.05, 0.1) is 4.88 Å². The van der Waals surface area contributed by atoms with Crippen LogP contribution in [-0.2, 0) is 11.2 Å². The lowest BCUT2D eigenvalue weighted by Gasteiger charge is -1.99. The number of anilines is 3. The average molecular weight is 233 g/mol. The fourth-order valence-electron chi connectivity index (χ4n) is 1.28. The standard InChI is InChI=1S/C11H11N3OS/c12-10-9(6-7-15)16-11(14-10)13-8-4-2-1-3-5-8/h1-5,7H,6,12H2,(H,13,14). The Labute approximate surface area is 97.1 Å². The molecule has 0 radical (unpaired) electrons. The quantitative estimate of drug-likeness (QED) is 0.794. The van der Waals surface area contributed by atoms with Gasteiger partial charge >= 0.3 is 0 Å². The van der Waals surface area contributed by atoms with Crippen LogP contribution in [0.3, 0.4) is 0 Å². The van der Waals surface area contributed by atoms with Crippen molar-refractivity contribution in [1.82, 2.24) is 4.98 Å². The normalized spacial score (nSPS) is 10.0. The molecule has 0 bridgehead atoms. The van der Waals surface area contributed by atoms with Crippen LogP contribution in [0.15, 0.2) is 30.3 Å². The number of nitrogens with one attached hydrogen (secondary N) is 1. The van der Waals surface area contributed by atoms with Gasteiger partial charge in [-0.15, -0.1) is 0 Å². The van der Waals surface area contributed by atoms with Crippen molar-refractivity contribution in [3.63, 3.8) is 0 Å². The molecule has 0 aliphatic rings. The first-order valence-corrected chi connectivity index (χ1v) is 5.62. The molecule has 0 aliphatic carbocycles. The third kappa shape index (κ3) is 2.38. The summed E-state index contributed by atoms with van der Waals surface area (Å²) in [7, 11) is 0. The molecule has 0 atom stereocenters. The molecule has 0 saturated carbocycles. The first-order chi connectivity index (χ1) is 7.79. The van der Waals surface area contributed by atoms with Crippen LogP contribution in [0.2, 0.25) is 0 Å². The van der Waals surface area contributed by atoms with Crippen molar-refractivity contribution < 1.29 is 4.79 Å². The maximum Gasteiger partial charge on any atom is 0.189 e. The van der Waals surface area contributed by atoms with Gasteiger partial charge in [0.15, 0.2) is 5.13 Å². The summed E-state index contributed by atoms with van der Waals surface area (Å²) < 4.78 is 0. The van der Waals surface area contributed by atoms with Crippen molar-refractivity contribution in [2.45, 2.75) is 6.42 Å². The number of nitrogen functional groups attached to an aromatic ring is 1. The molecule has 16 heavy (non-hydrogen) atoms. The number of aromatic nitrogens is 1. The Morgan fingerprint density at radius 2 is 2.12 bits per heavy atom. The molecule has 4 nitrogen and oxygen atoms in total. The van der Waals surface area contributed by atoms with E-state index in [1.54, 1.807) is 0 Å². The molecule has 5 heteroatoms. The third-order valence-corrected chi connectivity index (χ3v) is 3.03. The van der Waals surface area contributed by atoms with E-state index in [9.17, 15) is 4.79 Å². The zero-order valence-corrected chi connectivity index (χ0v) is 9.33. The Morgan fingerprint density at radius 1 is 1.38 bits per heavy atom. The van der Waals surface area contributed by atoms with E-state index < -0.39 is 0 Å². The summed E-state index contributed by atoms with van der Waals surface area (Å²) in [6.45, 7) is 0. The fraction of sp³-hybridized carbons (Fsp3) is 0.0909. The summed E-state index contributed by atoms with van der Waals surface area (Å²) >= 11 is 1.40. The van der Waals surface area contributed by atoms with Crippen LogP contribution in [0.25, 0.3) is 0 Å². The van der Waals surface area contributed by atoms with E-state index in [1.807, 2.05) is 30.3 Å². The number of carbonyl (C=O) groups is 1. The van der Waals surface area contributed by atoms with E-state index >= 15 is 0 Å². The summed E-state index contributed by atoms with van der Waals surface area (Å²) in [6.07, 6.45) is 1.15. The van der Waals surface area contributed by atoms with E-state index in [4.69, 9.17) is 5.73 Å². The Morgan fingerprint density at radius 3 is 2.81 bits per heavy atom. The molecule has 1 aromatic heterocycles. The van der Waals surface area contributed by atoms with Gasteiger partial charge in [-0.1, -0.05) is 29.5 Å². The van der Waals surface area contributed by atoms with Crippen LogP contribution in [-0.4, -0.2) is 11.3 Å². The number of nitrogens with two attached hydrogens (primary N) is 1. The Kier molecular flexibility index (Phi) is 3.16. The van der Waals surface area contributed by atoms with E-state index in [0.29, 0.717) is 17.4 Å². The molecule has 0 fully saturated rings. The van der Waals surface area contributed by atoms with Crippen LogP contribution < -0.4 is 11.1 Å². The highest BCUT2D eigenvalue weighted by Crippen LogP contribution is 2.27. The molecule has 0 saturated heterocycles. The molecule has 1 heterocycles. The molecular formula is C11H11N3OS. The van der Waals surface area contributed by atoms with E-state index in [-0.39, 0.29) is 0 Å². The van der Waals surface area contributed by atoms with E-state index in [0.717, 1.165) is 16.9 Å². The summed E-state index contributed by atoms with van der Waals surface area (Å²) in [5, 5.41) is 3.84. The minimum Gasteiger partial charge on any atom is -0.383 e. The molecule has 1 aromatic carbocycles. The molecule has 3 N–H and O–H groups in total. The highest BCUT2D eigenvalue weighted by molar-refractivity contribution is 7.16. The predicted molar refractivity (Wildman–Crippen MR) is 66.0 cm³/mol. The Bertz CT molecular complexity index is 481. The van der Waals surface area contributed by atoms with Crippen LogP contribution in [0.5, 0.6) is 0 Å². The minimum atomic E-state index is 0.319. The number of aldehydes is 1. The summed E-state index contributed by atoms with van der Waals surface area (Å²) in [5.74, 6) is 0.426. The van der Waals surface area contributed by atoms with Gasteiger partial charge in [-0.2, -0.15) is 0 Å². The molecular weight excluding hydrogens is 222 g/mol. The third-order valence-electron chi connectivity index (χ3n) is 2.02. The number of benzene rings is 1. The van der Waals surface area contributed by atoms with Crippen LogP contribution in [0.1, 0.15) is 4.88 Å². The molecule has 0 amide bonds. The van der Waals surface area contributed by atoms with Crippen molar-refractivity contribution in [1.29, 1.82) is 0 Å².